The summed E-state index contributed by atoms with van der Waals surface area (Å²) in [6.07, 6.45) is 4.76. The Balaban J connectivity index is 2.04. The van der Waals surface area contributed by atoms with Crippen LogP contribution in [0.3, 0.4) is 0 Å². The monoisotopic (exact) mass is 423 g/mol. The highest BCUT2D eigenvalue weighted by atomic mass is 127. The molecule has 120 valence electrons. The summed E-state index contributed by atoms with van der Waals surface area (Å²) in [4.78, 5) is 17.3. The lowest BCUT2D eigenvalue weighted by atomic mass is 9.93. The minimum atomic E-state index is -0.226. The largest absolute Gasteiger partial charge is 0.393 e. The number of aromatic nitrogens is 3. The van der Waals surface area contributed by atoms with Gasteiger partial charge in [-0.1, -0.05) is 0 Å². The van der Waals surface area contributed by atoms with E-state index in [9.17, 15) is 9.90 Å². The third-order valence-electron chi connectivity index (χ3n) is 4.91. The van der Waals surface area contributed by atoms with Crippen molar-refractivity contribution in [1.82, 2.24) is 14.1 Å². The maximum Gasteiger partial charge on any atom is 0.329 e. The van der Waals surface area contributed by atoms with Crippen LogP contribution in [0.1, 0.15) is 31.7 Å². The Labute approximate surface area is 147 Å². The van der Waals surface area contributed by atoms with Crippen molar-refractivity contribution in [3.05, 3.63) is 38.5 Å². The van der Waals surface area contributed by atoms with Gasteiger partial charge in [0, 0.05) is 22.0 Å². The smallest absolute Gasteiger partial charge is 0.329 e. The summed E-state index contributed by atoms with van der Waals surface area (Å²) in [5.41, 5.74) is 2.76. The molecule has 2 heterocycles. The lowest BCUT2D eigenvalue weighted by molar-refractivity contribution is 0.111. The minimum Gasteiger partial charge on any atom is -0.393 e. The highest BCUT2D eigenvalue weighted by Crippen LogP contribution is 2.32. The molecule has 1 aromatic carbocycles. The molecule has 0 amide bonds. The van der Waals surface area contributed by atoms with Crippen LogP contribution in [0.2, 0.25) is 0 Å². The number of halogens is 1. The van der Waals surface area contributed by atoms with E-state index >= 15 is 0 Å². The molecule has 6 heteroatoms. The van der Waals surface area contributed by atoms with Gasteiger partial charge in [0.2, 0.25) is 0 Å². The molecule has 0 radical (unpaired) electrons. The fraction of sp³-hybridized carbons (Fsp3) is 0.412. The van der Waals surface area contributed by atoms with Crippen LogP contribution < -0.4 is 5.69 Å². The average Bonchev–Trinajstić information content (AvgIpc) is 2.80. The molecule has 4 rings (SSSR count). The SMILES string of the molecule is Cn1c(=O)n(C2CCC(O)CC2)c2c3cc(I)ccc3ncc21. The van der Waals surface area contributed by atoms with Crippen molar-refractivity contribution in [2.45, 2.75) is 37.8 Å². The van der Waals surface area contributed by atoms with Crippen LogP contribution in [-0.4, -0.2) is 25.3 Å². The van der Waals surface area contributed by atoms with E-state index in [1.165, 1.54) is 0 Å². The van der Waals surface area contributed by atoms with Crippen LogP contribution in [0.5, 0.6) is 0 Å². The second-order valence-electron chi connectivity index (χ2n) is 6.33. The van der Waals surface area contributed by atoms with Crippen LogP contribution in [0.4, 0.5) is 0 Å². The molecule has 23 heavy (non-hydrogen) atoms. The highest BCUT2D eigenvalue weighted by Gasteiger charge is 2.25. The molecular formula is C17H18IN3O2. The molecular weight excluding hydrogens is 405 g/mol. The van der Waals surface area contributed by atoms with Crippen LogP contribution in [0, 0.1) is 3.57 Å². The zero-order valence-electron chi connectivity index (χ0n) is 12.9. The molecule has 0 atom stereocenters. The van der Waals surface area contributed by atoms with Gasteiger partial charge in [-0.15, -0.1) is 0 Å². The molecule has 0 spiro atoms. The Morgan fingerprint density at radius 1 is 1.26 bits per heavy atom. The molecule has 2 aromatic heterocycles. The number of aliphatic hydroxyl groups excluding tert-OH is 1. The number of imidazole rings is 1. The fourth-order valence-electron chi connectivity index (χ4n) is 3.65. The summed E-state index contributed by atoms with van der Waals surface area (Å²) in [5.74, 6) is 0. The number of aliphatic hydroxyl groups is 1. The van der Waals surface area contributed by atoms with Crippen molar-refractivity contribution < 1.29 is 5.11 Å². The fourth-order valence-corrected chi connectivity index (χ4v) is 4.15. The number of pyridine rings is 1. The number of aryl methyl sites for hydroxylation is 1. The lowest BCUT2D eigenvalue weighted by Crippen LogP contribution is -2.29. The van der Waals surface area contributed by atoms with Gasteiger partial charge in [-0.25, -0.2) is 4.79 Å². The zero-order chi connectivity index (χ0) is 16.1. The van der Waals surface area contributed by atoms with Crippen LogP contribution in [-0.2, 0) is 7.05 Å². The third kappa shape index (κ3) is 2.39. The Morgan fingerprint density at radius 2 is 2.00 bits per heavy atom. The Morgan fingerprint density at radius 3 is 2.74 bits per heavy atom. The Hall–Kier alpha value is -1.41. The van der Waals surface area contributed by atoms with E-state index in [1.807, 2.05) is 16.7 Å². The van der Waals surface area contributed by atoms with Crippen LogP contribution >= 0.6 is 22.6 Å². The maximum atomic E-state index is 12.8. The molecule has 1 N–H and O–H groups in total. The molecule has 3 aromatic rings. The van der Waals surface area contributed by atoms with E-state index in [1.54, 1.807) is 17.8 Å². The van der Waals surface area contributed by atoms with Crippen molar-refractivity contribution >= 4 is 44.5 Å². The molecule has 0 aliphatic heterocycles. The van der Waals surface area contributed by atoms with E-state index in [2.05, 4.69) is 33.6 Å². The zero-order valence-corrected chi connectivity index (χ0v) is 15.0. The van der Waals surface area contributed by atoms with E-state index < -0.39 is 0 Å². The second-order valence-corrected chi connectivity index (χ2v) is 7.57. The van der Waals surface area contributed by atoms with Gasteiger partial charge >= 0.3 is 5.69 Å². The minimum absolute atomic E-state index is 0.00884. The predicted molar refractivity (Wildman–Crippen MR) is 98.7 cm³/mol. The Kier molecular flexibility index (Phi) is 3.68. The highest BCUT2D eigenvalue weighted by molar-refractivity contribution is 14.1. The van der Waals surface area contributed by atoms with Crippen molar-refractivity contribution in [3.8, 4) is 0 Å². The molecule has 0 bridgehead atoms. The number of benzene rings is 1. The quantitative estimate of drug-likeness (QED) is 0.613. The molecule has 1 aliphatic carbocycles. The molecule has 0 unspecified atom stereocenters. The summed E-state index contributed by atoms with van der Waals surface area (Å²) >= 11 is 2.29. The summed E-state index contributed by atoms with van der Waals surface area (Å²) in [6, 6.07) is 6.28. The first-order valence-electron chi connectivity index (χ1n) is 7.89. The van der Waals surface area contributed by atoms with Gasteiger partial charge in [0.1, 0.15) is 0 Å². The normalized spacial score (nSPS) is 22.0. The van der Waals surface area contributed by atoms with Gasteiger partial charge in [0.15, 0.2) is 0 Å². The number of fused-ring (bicyclic) bond motifs is 3. The van der Waals surface area contributed by atoms with Crippen molar-refractivity contribution in [2.75, 3.05) is 0 Å². The topological polar surface area (TPSA) is 60.0 Å². The summed E-state index contributed by atoms with van der Waals surface area (Å²) in [6.45, 7) is 0. The number of hydrogen-bond acceptors (Lipinski definition) is 3. The molecule has 5 nitrogen and oxygen atoms in total. The van der Waals surface area contributed by atoms with Crippen molar-refractivity contribution in [3.63, 3.8) is 0 Å². The van der Waals surface area contributed by atoms with E-state index in [4.69, 9.17) is 0 Å². The predicted octanol–water partition coefficient (Wildman–Crippen LogP) is 2.97. The van der Waals surface area contributed by atoms with Crippen LogP contribution in [0.25, 0.3) is 21.9 Å². The molecule has 1 aliphatic rings. The van der Waals surface area contributed by atoms with E-state index in [-0.39, 0.29) is 17.8 Å². The first-order chi connectivity index (χ1) is 11.1. The van der Waals surface area contributed by atoms with Crippen molar-refractivity contribution in [1.29, 1.82) is 0 Å². The summed E-state index contributed by atoms with van der Waals surface area (Å²) in [7, 11) is 1.81. The molecule has 0 saturated heterocycles. The number of nitrogens with zero attached hydrogens (tertiary/aromatic N) is 3. The van der Waals surface area contributed by atoms with Crippen molar-refractivity contribution in [2.24, 2.45) is 7.05 Å². The van der Waals surface area contributed by atoms with E-state index in [0.29, 0.717) is 0 Å². The Bertz CT molecular complexity index is 952. The molecule has 1 fully saturated rings. The van der Waals surface area contributed by atoms with Gasteiger partial charge in [-0.05, 0) is 66.5 Å². The third-order valence-corrected chi connectivity index (χ3v) is 5.58. The first kappa shape index (κ1) is 15.1. The number of rotatable bonds is 1. The van der Waals surface area contributed by atoms with Gasteiger partial charge in [-0.2, -0.15) is 0 Å². The van der Waals surface area contributed by atoms with Gasteiger partial charge in [0.25, 0.3) is 0 Å². The molecule has 1 saturated carbocycles. The van der Waals surface area contributed by atoms with Crippen LogP contribution in [0.15, 0.2) is 29.2 Å². The van der Waals surface area contributed by atoms with Gasteiger partial charge in [0.05, 0.1) is 28.9 Å². The average molecular weight is 423 g/mol. The number of hydrogen-bond donors (Lipinski definition) is 1. The second kappa shape index (κ2) is 5.59. The van der Waals surface area contributed by atoms with E-state index in [0.717, 1.165) is 51.2 Å². The standard InChI is InChI=1S/C17H18IN3O2/c1-20-15-9-19-14-7-2-10(18)8-13(14)16(15)21(17(20)23)11-3-5-12(22)6-4-11/h2,7-9,11-12,22H,3-6H2,1H3. The maximum absolute atomic E-state index is 12.8. The van der Waals surface area contributed by atoms with Gasteiger partial charge in [-0.3, -0.25) is 14.1 Å². The van der Waals surface area contributed by atoms with Gasteiger partial charge < -0.3 is 5.11 Å². The summed E-state index contributed by atoms with van der Waals surface area (Å²) < 4.78 is 4.75. The lowest BCUT2D eigenvalue weighted by Gasteiger charge is -2.26. The first-order valence-corrected chi connectivity index (χ1v) is 8.97. The summed E-state index contributed by atoms with van der Waals surface area (Å²) in [5, 5.41) is 10.8.